The molecule has 22 heteroatoms. The van der Waals surface area contributed by atoms with E-state index < -0.39 is 23.5 Å². The Morgan fingerprint density at radius 1 is 0.724 bits per heavy atom. The Labute approximate surface area is 452 Å². The van der Waals surface area contributed by atoms with Crippen LogP contribution < -0.4 is 37.2 Å². The molecule has 3 heterocycles. The molecular formula is C54H50F6IN11O3S. The molecule has 9 rings (SSSR count). The molecule has 0 saturated heterocycles. The number of aromatic nitrogens is 4. The normalized spacial score (nSPS) is 12.4. The zero-order valence-corrected chi connectivity index (χ0v) is 44.4. The number of rotatable bonds is 10. The highest BCUT2D eigenvalue weighted by atomic mass is 127. The maximum absolute atomic E-state index is 13.0. The van der Waals surface area contributed by atoms with Gasteiger partial charge in [-0.3, -0.25) is 15.6 Å². The third kappa shape index (κ3) is 15.8. The molecule has 1 aliphatic heterocycles. The predicted octanol–water partition coefficient (Wildman–Crippen LogP) is 11.5. The monoisotopic (exact) mass is 1170 g/mol. The lowest BCUT2D eigenvalue weighted by Gasteiger charge is -2.09. The lowest BCUT2D eigenvalue weighted by Crippen LogP contribution is -2.29. The topological polar surface area (TPSA) is 200 Å². The first-order valence-electron chi connectivity index (χ1n) is 22.8. The first-order chi connectivity index (χ1) is 36.3. The zero-order chi connectivity index (χ0) is 55.2. The number of nitrogen functional groups attached to an aromatic ring is 1. The minimum absolute atomic E-state index is 0.0654. The average molecular weight is 1170 g/mol. The van der Waals surface area contributed by atoms with Gasteiger partial charge in [-0.25, -0.2) is 30.8 Å². The molecule has 76 heavy (non-hydrogen) atoms. The van der Waals surface area contributed by atoms with Gasteiger partial charge < -0.3 is 20.5 Å². The summed E-state index contributed by atoms with van der Waals surface area (Å²) < 4.78 is 86.3. The highest BCUT2D eigenvalue weighted by Crippen LogP contribution is 2.33. The quantitative estimate of drug-likeness (QED) is 0.0165. The number of hydrazine groups is 1. The van der Waals surface area contributed by atoms with E-state index in [0.29, 0.717) is 42.3 Å². The largest absolute Gasteiger partial charge is 0.496 e. The molecule has 1 amide bonds. The van der Waals surface area contributed by atoms with Crippen molar-refractivity contribution in [2.24, 2.45) is 21.7 Å². The Hall–Kier alpha value is -7.83. The fourth-order valence-electron chi connectivity index (χ4n) is 7.52. The van der Waals surface area contributed by atoms with Crippen LogP contribution in [-0.4, -0.2) is 61.7 Å². The lowest BCUT2D eigenvalue weighted by atomic mass is 10.0. The van der Waals surface area contributed by atoms with E-state index in [1.807, 2.05) is 79.4 Å². The average Bonchev–Trinajstić information content (AvgIpc) is 3.87. The Morgan fingerprint density at radius 3 is 1.71 bits per heavy atom. The number of hydrogen-bond acceptors (Lipinski definition) is 11. The molecule has 394 valence electrons. The Bertz CT molecular complexity index is 3400. The summed E-state index contributed by atoms with van der Waals surface area (Å²) in [4.78, 5) is 36.0. The second-order valence-corrected chi connectivity index (χ2v) is 17.1. The molecule has 0 saturated carbocycles. The molecule has 7 N–H and O–H groups in total. The van der Waals surface area contributed by atoms with E-state index in [2.05, 4.69) is 76.0 Å². The van der Waals surface area contributed by atoms with E-state index in [9.17, 15) is 31.1 Å². The van der Waals surface area contributed by atoms with Gasteiger partial charge in [0.1, 0.15) is 29.0 Å². The van der Waals surface area contributed by atoms with Crippen molar-refractivity contribution < 1.29 is 40.6 Å². The summed E-state index contributed by atoms with van der Waals surface area (Å²) >= 11 is 6.65. The third-order valence-electron chi connectivity index (χ3n) is 11.1. The molecule has 14 nitrogen and oxygen atoms in total. The van der Waals surface area contributed by atoms with Crippen LogP contribution in [0.15, 0.2) is 144 Å². The number of aliphatic imine (C=N–C) groups is 1. The van der Waals surface area contributed by atoms with Crippen molar-refractivity contribution in [2.45, 2.75) is 45.5 Å². The van der Waals surface area contributed by atoms with Crippen LogP contribution in [0.5, 0.6) is 11.5 Å². The number of nitrogens with one attached hydrogen (secondary N) is 3. The number of aryl methyl sites for hydroxylation is 2. The van der Waals surface area contributed by atoms with Crippen molar-refractivity contribution in [1.82, 2.24) is 30.8 Å². The molecule has 0 fully saturated rings. The van der Waals surface area contributed by atoms with Crippen LogP contribution >= 0.6 is 34.8 Å². The number of nitrogens with zero attached hydrogens (tertiary/aromatic N) is 6. The number of alkyl halides is 7. The van der Waals surface area contributed by atoms with Gasteiger partial charge in [0, 0.05) is 36.5 Å². The molecule has 0 radical (unpaired) electrons. The van der Waals surface area contributed by atoms with Crippen LogP contribution in [0.2, 0.25) is 0 Å². The van der Waals surface area contributed by atoms with Gasteiger partial charge in [-0.1, -0.05) is 71.1 Å². The maximum atomic E-state index is 13.0. The van der Waals surface area contributed by atoms with Crippen molar-refractivity contribution >= 4 is 90.6 Å². The molecule has 0 unspecified atom stereocenters. The SMILES string of the molecule is CI.COc1cc(C)cc2nc(Cc3ccc(C(=O)NN)cc3)ncc12.COc1cc(C)cc2nc(Cc3ccc(C4=NNC(=Nc5cccc(C(F)(F)F)c5)C4)cc3)ncc12.NC(=S)Nc1cccc(C(F)(F)F)c1. The van der Waals surface area contributed by atoms with E-state index >= 15 is 0 Å². The van der Waals surface area contributed by atoms with Gasteiger partial charge >= 0.3 is 12.4 Å². The summed E-state index contributed by atoms with van der Waals surface area (Å²) in [7, 11) is 3.27. The summed E-state index contributed by atoms with van der Waals surface area (Å²) in [6, 6.07) is 32.6. The highest BCUT2D eigenvalue weighted by molar-refractivity contribution is 14.1. The van der Waals surface area contributed by atoms with Gasteiger partial charge in [0.2, 0.25) is 0 Å². The number of nitrogens with two attached hydrogens (primary N) is 2. The first kappa shape index (κ1) is 57.4. The number of benzene rings is 6. The van der Waals surface area contributed by atoms with Crippen LogP contribution in [0.3, 0.4) is 0 Å². The zero-order valence-electron chi connectivity index (χ0n) is 41.4. The number of amides is 1. The lowest BCUT2D eigenvalue weighted by molar-refractivity contribution is -0.138. The number of halogens is 7. The Balaban J connectivity index is 0.000000201. The number of amidine groups is 1. The molecule has 1 aliphatic rings. The number of methoxy groups -OCH3 is 2. The number of anilines is 1. The van der Waals surface area contributed by atoms with Gasteiger partial charge in [-0.2, -0.15) is 31.4 Å². The number of hydrogen-bond donors (Lipinski definition) is 5. The summed E-state index contributed by atoms with van der Waals surface area (Å²) in [5.41, 5.74) is 17.1. The number of thiocarbonyl (C=S) groups is 1. The second kappa shape index (κ2) is 26.1. The van der Waals surface area contributed by atoms with Gasteiger partial charge in [-0.05, 0) is 132 Å². The van der Waals surface area contributed by atoms with Crippen LogP contribution in [0, 0.1) is 13.8 Å². The fraction of sp³-hybridized carbons (Fsp3) is 0.185. The fourth-order valence-corrected chi connectivity index (χ4v) is 7.64. The van der Waals surface area contributed by atoms with Gasteiger partial charge in [-0.15, -0.1) is 0 Å². The number of carbonyl (C=O) groups excluding carboxylic acids is 1. The van der Waals surface area contributed by atoms with E-state index in [-0.39, 0.29) is 22.4 Å². The van der Waals surface area contributed by atoms with Gasteiger partial charge in [0.15, 0.2) is 5.11 Å². The summed E-state index contributed by atoms with van der Waals surface area (Å²) in [5, 5.41) is 8.43. The molecule has 0 aliphatic carbocycles. The van der Waals surface area contributed by atoms with E-state index in [4.69, 9.17) is 26.0 Å². The Kier molecular flexibility index (Phi) is 19.7. The number of ether oxygens (including phenoxy) is 2. The molecule has 2 aromatic heterocycles. The van der Waals surface area contributed by atoms with E-state index in [0.717, 1.165) is 91.1 Å². The second-order valence-electron chi connectivity index (χ2n) is 16.6. The van der Waals surface area contributed by atoms with Crippen molar-refractivity contribution in [3.8, 4) is 11.5 Å². The van der Waals surface area contributed by atoms with Crippen LogP contribution in [0.1, 0.15) is 67.4 Å². The smallest absolute Gasteiger partial charge is 0.416 e. The van der Waals surface area contributed by atoms with Crippen molar-refractivity contribution in [3.63, 3.8) is 0 Å². The van der Waals surface area contributed by atoms with Gasteiger partial charge in [0.05, 0.1) is 65.0 Å². The van der Waals surface area contributed by atoms with E-state index in [1.165, 1.54) is 24.3 Å². The van der Waals surface area contributed by atoms with Crippen molar-refractivity contribution in [1.29, 1.82) is 0 Å². The summed E-state index contributed by atoms with van der Waals surface area (Å²) in [5.74, 6) is 8.25. The first-order valence-corrected chi connectivity index (χ1v) is 25.3. The molecular weight excluding hydrogens is 1120 g/mol. The molecule has 0 atom stereocenters. The highest BCUT2D eigenvalue weighted by Gasteiger charge is 2.31. The molecule has 0 spiro atoms. The number of hydrazone groups is 1. The minimum atomic E-state index is -4.41. The minimum Gasteiger partial charge on any atom is -0.496 e. The van der Waals surface area contributed by atoms with Crippen LogP contribution in [0.25, 0.3) is 21.8 Å². The molecule has 8 aromatic rings. The molecule has 6 aromatic carbocycles. The number of fused-ring (bicyclic) bond motifs is 2. The van der Waals surface area contributed by atoms with Crippen LogP contribution in [-0.2, 0) is 25.2 Å². The molecule has 0 bridgehead atoms. The summed E-state index contributed by atoms with van der Waals surface area (Å²) in [6.07, 6.45) is -3.65. The third-order valence-corrected chi connectivity index (χ3v) is 11.2. The predicted molar refractivity (Wildman–Crippen MR) is 296 cm³/mol. The van der Waals surface area contributed by atoms with Crippen LogP contribution in [0.4, 0.5) is 37.7 Å². The van der Waals surface area contributed by atoms with E-state index in [1.54, 1.807) is 38.7 Å². The maximum Gasteiger partial charge on any atom is 0.416 e. The van der Waals surface area contributed by atoms with Crippen molar-refractivity contribution in [3.05, 3.63) is 190 Å². The number of carbonyl (C=O) groups is 1. The van der Waals surface area contributed by atoms with Gasteiger partial charge in [0.25, 0.3) is 5.91 Å². The standard InChI is InChI=1S/C27H22F3N5O.C18H18N4O2.C8H7F3N2S.CH3I/c1-16-10-23-21(24(11-16)36-2)15-31-25(33-23)12-17-6-8-18(9-7-17)22-14-26(35-34-22)32-20-5-3-4-19(13-20)27(28,29)30;1-11-7-15-14(16(8-11)24-2)10-20-17(21-15)9-12-3-5-13(6-4-12)18(23)22-19;9-8(10,11)5-2-1-3-6(4-5)13-7(12)14;1-2/h3-11,13,15H,12,14H2,1-2H3,(H,32,35);3-8,10H,9,19H2,1-2H3,(H,22,23);1-4H,(H3,12,13,14);1H3. The van der Waals surface area contributed by atoms with Crippen molar-refractivity contribution in [2.75, 3.05) is 24.5 Å². The Morgan fingerprint density at radius 2 is 1.22 bits per heavy atom. The summed E-state index contributed by atoms with van der Waals surface area (Å²) in [6.45, 7) is 4.00.